The van der Waals surface area contributed by atoms with Gasteiger partial charge in [0.15, 0.2) is 6.29 Å². The SMILES string of the molecule is C/C=C\C(=C(\C)Cc1c(F)cc(C(N)=O)c2[nH]c3c(c12)CCC(C(C)(C)O)C3)N(C)C(=O)N(C)c1c(F)cccc1C=O. The molecule has 1 atom stereocenters. The highest BCUT2D eigenvalue weighted by atomic mass is 19.1. The Morgan fingerprint density at radius 2 is 1.91 bits per heavy atom. The molecular weight excluding hydrogens is 554 g/mol. The molecular formula is C33H38F2N4O4. The summed E-state index contributed by atoms with van der Waals surface area (Å²) in [6.07, 6.45) is 5.83. The molecule has 1 unspecified atom stereocenters. The smallest absolute Gasteiger partial charge is 0.328 e. The number of rotatable bonds is 8. The van der Waals surface area contributed by atoms with E-state index in [2.05, 4.69) is 4.98 Å². The summed E-state index contributed by atoms with van der Waals surface area (Å²) in [4.78, 5) is 43.1. The predicted molar refractivity (Wildman–Crippen MR) is 163 cm³/mol. The maximum atomic E-state index is 15.8. The number of allylic oxidation sites excluding steroid dienone is 3. The van der Waals surface area contributed by atoms with Gasteiger partial charge in [0.25, 0.3) is 5.91 Å². The van der Waals surface area contributed by atoms with Crippen molar-refractivity contribution in [1.82, 2.24) is 9.88 Å². The Morgan fingerprint density at radius 3 is 2.51 bits per heavy atom. The molecule has 2 aromatic carbocycles. The third-order valence-corrected chi connectivity index (χ3v) is 8.40. The number of aromatic amines is 1. The number of primary amides is 1. The van der Waals surface area contributed by atoms with E-state index in [0.717, 1.165) is 22.2 Å². The van der Waals surface area contributed by atoms with Crippen LogP contribution < -0.4 is 10.6 Å². The summed E-state index contributed by atoms with van der Waals surface area (Å²) in [6.45, 7) is 7.08. The minimum absolute atomic E-state index is 0.0212. The first-order valence-corrected chi connectivity index (χ1v) is 14.2. The van der Waals surface area contributed by atoms with E-state index in [-0.39, 0.29) is 29.2 Å². The maximum absolute atomic E-state index is 15.8. The van der Waals surface area contributed by atoms with Crippen LogP contribution in [-0.4, -0.2) is 52.9 Å². The number of aldehydes is 1. The molecule has 10 heteroatoms. The van der Waals surface area contributed by atoms with Crippen LogP contribution in [0.15, 0.2) is 47.7 Å². The van der Waals surface area contributed by atoms with Gasteiger partial charge in [-0.25, -0.2) is 13.6 Å². The second-order valence-corrected chi connectivity index (χ2v) is 11.7. The van der Waals surface area contributed by atoms with Crippen molar-refractivity contribution in [2.45, 2.75) is 59.0 Å². The monoisotopic (exact) mass is 592 g/mol. The molecule has 0 fully saturated rings. The minimum atomic E-state index is -0.907. The van der Waals surface area contributed by atoms with Gasteiger partial charge in [-0.15, -0.1) is 0 Å². The number of nitrogens with one attached hydrogen (secondary N) is 1. The van der Waals surface area contributed by atoms with E-state index in [1.165, 1.54) is 37.2 Å². The van der Waals surface area contributed by atoms with Gasteiger partial charge >= 0.3 is 6.03 Å². The summed E-state index contributed by atoms with van der Waals surface area (Å²) in [6, 6.07) is 4.52. The van der Waals surface area contributed by atoms with Crippen LogP contribution in [0.2, 0.25) is 0 Å². The summed E-state index contributed by atoms with van der Waals surface area (Å²) in [5, 5.41) is 11.2. The Kier molecular flexibility index (Phi) is 8.92. The standard InChI is InChI=1S/C33H38F2N4O4/c1-7-9-27(38(5)32(42)39(6)30-19(17-40)10-8-11-24(30)34)18(2)14-22-25(35)16-23(31(36)41)29-28(22)21-13-12-20(33(3,4)43)15-26(21)37-29/h7-11,16-17,20,37,43H,12-15H2,1-6H3,(H2,36,41)/b9-7-,27-18+. The Morgan fingerprint density at radius 1 is 1.21 bits per heavy atom. The van der Waals surface area contributed by atoms with Gasteiger partial charge in [0.1, 0.15) is 11.6 Å². The lowest BCUT2D eigenvalue weighted by molar-refractivity contribution is 0.0107. The van der Waals surface area contributed by atoms with E-state index in [4.69, 9.17) is 5.73 Å². The number of aryl methyl sites for hydroxylation is 1. The number of hydrogen-bond acceptors (Lipinski definition) is 4. The van der Waals surface area contributed by atoms with Crippen LogP contribution in [0.3, 0.4) is 0 Å². The number of amides is 3. The van der Waals surface area contributed by atoms with Gasteiger partial charge < -0.3 is 15.8 Å². The molecule has 0 saturated heterocycles. The first kappa shape index (κ1) is 31.6. The van der Waals surface area contributed by atoms with Crippen LogP contribution in [0.25, 0.3) is 10.9 Å². The number of fused-ring (bicyclic) bond motifs is 3. The molecule has 0 bridgehead atoms. The van der Waals surface area contributed by atoms with Gasteiger partial charge in [0.2, 0.25) is 0 Å². The van der Waals surface area contributed by atoms with Gasteiger partial charge in [-0.2, -0.15) is 0 Å². The number of carbonyl (C=O) groups excluding carboxylic acids is 3. The fourth-order valence-electron chi connectivity index (χ4n) is 6.08. The average molecular weight is 593 g/mol. The van der Waals surface area contributed by atoms with E-state index in [9.17, 15) is 23.9 Å². The molecule has 0 saturated carbocycles. The molecule has 0 radical (unpaired) electrons. The summed E-state index contributed by atoms with van der Waals surface area (Å²) in [5.41, 5.74) is 8.29. The van der Waals surface area contributed by atoms with E-state index in [1.807, 2.05) is 0 Å². The summed E-state index contributed by atoms with van der Waals surface area (Å²) in [5.74, 6) is -2.09. The number of likely N-dealkylation sites (N-methyl/N-ethyl adjacent to an activating group) is 1. The summed E-state index contributed by atoms with van der Waals surface area (Å²) in [7, 11) is 2.90. The number of anilines is 1. The lowest BCUT2D eigenvalue weighted by Gasteiger charge is -2.32. The van der Waals surface area contributed by atoms with Crippen LogP contribution in [0.1, 0.15) is 71.7 Å². The predicted octanol–water partition coefficient (Wildman–Crippen LogP) is 5.81. The van der Waals surface area contributed by atoms with E-state index in [0.29, 0.717) is 53.3 Å². The third kappa shape index (κ3) is 5.97. The largest absolute Gasteiger partial charge is 0.390 e. The number of aliphatic hydroxyl groups is 1. The highest BCUT2D eigenvalue weighted by molar-refractivity contribution is 6.07. The van der Waals surface area contributed by atoms with Gasteiger partial charge in [-0.3, -0.25) is 19.4 Å². The molecule has 1 heterocycles. The second kappa shape index (κ2) is 12.1. The quantitative estimate of drug-likeness (QED) is 0.226. The van der Waals surface area contributed by atoms with Crippen molar-refractivity contribution in [1.29, 1.82) is 0 Å². The van der Waals surface area contributed by atoms with Crippen molar-refractivity contribution < 1.29 is 28.3 Å². The number of para-hydroxylation sites is 1. The number of hydrogen-bond donors (Lipinski definition) is 3. The van der Waals surface area contributed by atoms with Crippen LogP contribution >= 0.6 is 0 Å². The number of nitrogens with two attached hydrogens (primary N) is 1. The number of urea groups is 1. The topological polar surface area (TPSA) is 120 Å². The maximum Gasteiger partial charge on any atom is 0.328 e. The summed E-state index contributed by atoms with van der Waals surface area (Å²) < 4.78 is 30.5. The highest BCUT2D eigenvalue weighted by Gasteiger charge is 2.34. The molecule has 0 aliphatic heterocycles. The Hall–Kier alpha value is -4.31. The van der Waals surface area contributed by atoms with Crippen molar-refractivity contribution in [2.75, 3.05) is 19.0 Å². The van der Waals surface area contributed by atoms with Gasteiger partial charge in [-0.1, -0.05) is 12.1 Å². The molecule has 0 spiro atoms. The van der Waals surface area contributed by atoms with Gasteiger partial charge in [0.05, 0.1) is 22.4 Å². The van der Waals surface area contributed by atoms with Gasteiger partial charge in [0, 0.05) is 42.0 Å². The molecule has 43 heavy (non-hydrogen) atoms. The molecule has 3 amide bonds. The Bertz CT molecular complexity index is 1670. The van der Waals surface area contributed by atoms with Crippen LogP contribution in [0.4, 0.5) is 19.3 Å². The first-order chi connectivity index (χ1) is 20.2. The molecule has 3 aromatic rings. The Balaban J connectivity index is 1.81. The first-order valence-electron chi connectivity index (χ1n) is 14.2. The zero-order valence-corrected chi connectivity index (χ0v) is 25.3. The van der Waals surface area contributed by atoms with E-state index >= 15 is 4.39 Å². The minimum Gasteiger partial charge on any atom is -0.390 e. The average Bonchev–Trinajstić information content (AvgIpc) is 3.34. The van der Waals surface area contributed by atoms with Crippen LogP contribution in [-0.2, 0) is 19.3 Å². The normalized spacial score (nSPS) is 15.8. The molecule has 1 aliphatic carbocycles. The number of H-pyrrole nitrogens is 1. The molecule has 1 aliphatic rings. The van der Waals surface area contributed by atoms with Crippen molar-refractivity contribution in [3.63, 3.8) is 0 Å². The molecule has 4 rings (SSSR count). The van der Waals surface area contributed by atoms with Crippen molar-refractivity contribution in [3.8, 4) is 0 Å². The third-order valence-electron chi connectivity index (χ3n) is 8.40. The molecule has 8 nitrogen and oxygen atoms in total. The zero-order chi connectivity index (χ0) is 31.8. The number of aromatic nitrogens is 1. The number of halogens is 2. The van der Waals surface area contributed by atoms with E-state index < -0.39 is 29.2 Å². The summed E-state index contributed by atoms with van der Waals surface area (Å²) >= 11 is 0. The molecule has 228 valence electrons. The fourth-order valence-corrected chi connectivity index (χ4v) is 6.08. The number of benzene rings is 2. The van der Waals surface area contributed by atoms with E-state index in [1.54, 1.807) is 39.8 Å². The molecule has 4 N–H and O–H groups in total. The van der Waals surface area contributed by atoms with Gasteiger partial charge in [-0.05, 0) is 94.7 Å². The zero-order valence-electron chi connectivity index (χ0n) is 25.3. The highest BCUT2D eigenvalue weighted by Crippen LogP contribution is 2.40. The number of nitrogens with zero attached hydrogens (tertiary/aromatic N) is 2. The van der Waals surface area contributed by atoms with Crippen LogP contribution in [0.5, 0.6) is 0 Å². The van der Waals surface area contributed by atoms with Crippen LogP contribution in [0, 0.1) is 17.6 Å². The van der Waals surface area contributed by atoms with Crippen molar-refractivity contribution in [2.24, 2.45) is 11.7 Å². The fraction of sp³-hybridized carbons (Fsp3) is 0.364. The lowest BCUT2D eigenvalue weighted by atomic mass is 9.77. The van der Waals surface area contributed by atoms with Crippen molar-refractivity contribution >= 4 is 34.8 Å². The lowest BCUT2D eigenvalue weighted by Crippen LogP contribution is -2.39. The second-order valence-electron chi connectivity index (χ2n) is 11.7. The Labute approximate surface area is 249 Å². The molecule has 1 aromatic heterocycles. The number of carbonyl (C=O) groups is 3. The van der Waals surface area contributed by atoms with Crippen molar-refractivity contribution in [3.05, 3.63) is 87.3 Å².